The Morgan fingerprint density at radius 3 is 3.00 bits per heavy atom. The average molecular weight is 400 g/mol. The summed E-state index contributed by atoms with van der Waals surface area (Å²) in [6.45, 7) is 2.82. The Morgan fingerprint density at radius 1 is 1.41 bits per heavy atom. The van der Waals surface area contributed by atoms with E-state index in [0.29, 0.717) is 30.7 Å². The fourth-order valence-electron chi connectivity index (χ4n) is 3.25. The summed E-state index contributed by atoms with van der Waals surface area (Å²) in [7, 11) is 0. The lowest BCUT2D eigenvalue weighted by molar-refractivity contribution is -0.0152. The normalized spacial score (nSPS) is 17.6. The van der Waals surface area contributed by atoms with Gasteiger partial charge in [-0.1, -0.05) is 6.07 Å². The Bertz CT molecular complexity index is 870. The summed E-state index contributed by atoms with van der Waals surface area (Å²) < 4.78 is 11.3. The van der Waals surface area contributed by atoms with E-state index in [1.54, 1.807) is 42.3 Å². The molecule has 8 heteroatoms. The van der Waals surface area contributed by atoms with Crippen LogP contribution in [0.4, 0.5) is 0 Å². The quantitative estimate of drug-likeness (QED) is 0.677. The van der Waals surface area contributed by atoms with Crippen molar-refractivity contribution in [1.82, 2.24) is 9.88 Å². The van der Waals surface area contributed by atoms with Gasteiger partial charge in [0.25, 0.3) is 5.91 Å². The van der Waals surface area contributed by atoms with Crippen LogP contribution in [0.1, 0.15) is 33.3 Å². The van der Waals surface area contributed by atoms with E-state index in [1.165, 1.54) is 6.07 Å². The number of hydrogen-bond acceptors (Lipinski definition) is 7. The molecule has 0 spiro atoms. The van der Waals surface area contributed by atoms with Crippen molar-refractivity contribution in [3.05, 3.63) is 53.3 Å². The molecular weight excluding hydrogens is 376 g/mol. The smallest absolute Gasteiger partial charge is 0.256 e. The number of rotatable bonds is 7. The maximum absolute atomic E-state index is 13.2. The number of amides is 1. The molecule has 1 aliphatic rings. The fourth-order valence-corrected chi connectivity index (χ4v) is 3.25. The number of aldehydes is 1. The van der Waals surface area contributed by atoms with E-state index in [-0.39, 0.29) is 48.6 Å². The first-order valence-corrected chi connectivity index (χ1v) is 9.42. The topological polar surface area (TPSA) is 109 Å². The van der Waals surface area contributed by atoms with Crippen LogP contribution in [0.2, 0.25) is 0 Å². The largest absolute Gasteiger partial charge is 0.507 e. The Labute approximate surface area is 168 Å². The highest BCUT2D eigenvalue weighted by Crippen LogP contribution is 2.26. The van der Waals surface area contributed by atoms with Crippen molar-refractivity contribution in [3.63, 3.8) is 0 Å². The molecule has 154 valence electrons. The number of aromatic hydroxyl groups is 1. The van der Waals surface area contributed by atoms with Crippen LogP contribution in [-0.2, 0) is 11.2 Å². The fraction of sp³-hybridized carbons (Fsp3) is 0.381. The number of ether oxygens (including phenoxy) is 2. The van der Waals surface area contributed by atoms with E-state index in [1.807, 2.05) is 0 Å². The van der Waals surface area contributed by atoms with E-state index in [0.717, 1.165) is 0 Å². The molecule has 29 heavy (non-hydrogen) atoms. The van der Waals surface area contributed by atoms with Gasteiger partial charge in [0.1, 0.15) is 18.1 Å². The lowest BCUT2D eigenvalue weighted by Crippen LogP contribution is -2.51. The summed E-state index contributed by atoms with van der Waals surface area (Å²) in [6.07, 6.45) is 1.78. The molecule has 0 unspecified atom stereocenters. The molecule has 0 bridgehead atoms. The van der Waals surface area contributed by atoms with Gasteiger partial charge in [-0.2, -0.15) is 0 Å². The number of morpholine rings is 1. The molecule has 1 fully saturated rings. The first-order chi connectivity index (χ1) is 14.0. The Balaban J connectivity index is 1.78. The average Bonchev–Trinajstić information content (AvgIpc) is 2.72. The summed E-state index contributed by atoms with van der Waals surface area (Å²) in [4.78, 5) is 30.3. The van der Waals surface area contributed by atoms with Gasteiger partial charge in [0.15, 0.2) is 6.29 Å². The van der Waals surface area contributed by atoms with Crippen LogP contribution in [0.15, 0.2) is 36.5 Å². The van der Waals surface area contributed by atoms with Crippen LogP contribution in [0.5, 0.6) is 11.5 Å². The second kappa shape index (κ2) is 9.49. The number of aromatic nitrogens is 1. The Hall–Kier alpha value is -2.97. The zero-order chi connectivity index (χ0) is 20.8. The molecule has 2 atom stereocenters. The minimum Gasteiger partial charge on any atom is -0.507 e. The van der Waals surface area contributed by atoms with E-state index in [9.17, 15) is 19.8 Å². The van der Waals surface area contributed by atoms with E-state index < -0.39 is 6.10 Å². The molecule has 8 nitrogen and oxygen atoms in total. The molecule has 3 rings (SSSR count). The number of pyridine rings is 1. The van der Waals surface area contributed by atoms with Crippen molar-refractivity contribution in [3.8, 4) is 11.5 Å². The molecule has 1 saturated heterocycles. The maximum atomic E-state index is 13.2. The maximum Gasteiger partial charge on any atom is 0.256 e. The monoisotopic (exact) mass is 400 g/mol. The number of benzene rings is 1. The number of phenols is 1. The van der Waals surface area contributed by atoms with Gasteiger partial charge in [0.05, 0.1) is 42.2 Å². The lowest BCUT2D eigenvalue weighted by Gasteiger charge is -2.35. The SMILES string of the molecule is C[C@H](O)Cc1ncccc1C(=O)N1CCOC[C@H]1COc1cccc(O)c1C=O. The van der Waals surface area contributed by atoms with Crippen molar-refractivity contribution in [2.75, 3.05) is 26.4 Å². The molecule has 1 amide bonds. The molecule has 0 saturated carbocycles. The molecule has 2 aromatic rings. The molecule has 2 heterocycles. The molecular formula is C21H24N2O6. The number of aliphatic hydroxyl groups excluding tert-OH is 1. The van der Waals surface area contributed by atoms with Gasteiger partial charge in [-0.3, -0.25) is 14.6 Å². The Morgan fingerprint density at radius 2 is 2.24 bits per heavy atom. The third-order valence-electron chi connectivity index (χ3n) is 4.69. The molecule has 0 aliphatic carbocycles. The third kappa shape index (κ3) is 4.90. The van der Waals surface area contributed by atoms with Crippen molar-refractivity contribution >= 4 is 12.2 Å². The zero-order valence-electron chi connectivity index (χ0n) is 16.2. The van der Waals surface area contributed by atoms with E-state index >= 15 is 0 Å². The number of nitrogens with zero attached hydrogens (tertiary/aromatic N) is 2. The molecule has 1 aromatic carbocycles. The lowest BCUT2D eigenvalue weighted by atomic mass is 10.1. The van der Waals surface area contributed by atoms with Gasteiger partial charge in [-0.05, 0) is 31.2 Å². The minimum absolute atomic E-state index is 0.0635. The first kappa shape index (κ1) is 20.8. The minimum atomic E-state index is -0.618. The summed E-state index contributed by atoms with van der Waals surface area (Å²) in [5.41, 5.74) is 1.04. The van der Waals surface area contributed by atoms with Crippen LogP contribution in [0.3, 0.4) is 0 Å². The van der Waals surface area contributed by atoms with Crippen molar-refractivity contribution in [2.45, 2.75) is 25.5 Å². The highest BCUT2D eigenvalue weighted by molar-refractivity contribution is 5.95. The van der Waals surface area contributed by atoms with Gasteiger partial charge in [-0.25, -0.2) is 0 Å². The number of carbonyl (C=O) groups excluding carboxylic acids is 2. The van der Waals surface area contributed by atoms with Gasteiger partial charge in [0, 0.05) is 19.2 Å². The van der Waals surface area contributed by atoms with Crippen molar-refractivity contribution in [1.29, 1.82) is 0 Å². The molecule has 1 aromatic heterocycles. The zero-order valence-corrected chi connectivity index (χ0v) is 16.2. The molecule has 0 radical (unpaired) electrons. The highest BCUT2D eigenvalue weighted by Gasteiger charge is 2.30. The standard InChI is InChI=1S/C21H24N2O6/c1-14(25)10-18-16(4-3-7-22-18)21(27)23-8-9-28-12-15(23)13-29-20-6-2-5-19(26)17(20)11-24/h2-7,11,14-15,25-26H,8-10,12-13H2,1H3/t14-,15-/m0/s1. The first-order valence-electron chi connectivity index (χ1n) is 9.42. The Kier molecular flexibility index (Phi) is 6.79. The van der Waals surface area contributed by atoms with Gasteiger partial charge in [-0.15, -0.1) is 0 Å². The van der Waals surface area contributed by atoms with Gasteiger partial charge < -0.3 is 24.6 Å². The van der Waals surface area contributed by atoms with Crippen molar-refractivity contribution in [2.24, 2.45) is 0 Å². The van der Waals surface area contributed by atoms with E-state index in [2.05, 4.69) is 4.98 Å². The summed E-state index contributed by atoms with van der Waals surface area (Å²) >= 11 is 0. The predicted molar refractivity (Wildman–Crippen MR) is 104 cm³/mol. The van der Waals surface area contributed by atoms with Crippen molar-refractivity contribution < 1.29 is 29.3 Å². The summed E-state index contributed by atoms with van der Waals surface area (Å²) in [5, 5.41) is 19.5. The second-order valence-electron chi connectivity index (χ2n) is 6.90. The number of phenolic OH excluding ortho intramolecular Hbond substituents is 1. The van der Waals surface area contributed by atoms with Gasteiger partial charge in [0.2, 0.25) is 0 Å². The van der Waals surface area contributed by atoms with Crippen LogP contribution in [0, 0.1) is 0 Å². The molecule has 2 N–H and O–H groups in total. The summed E-state index contributed by atoms with van der Waals surface area (Å²) in [5.74, 6) is -0.130. The summed E-state index contributed by atoms with van der Waals surface area (Å²) in [6, 6.07) is 7.57. The third-order valence-corrected chi connectivity index (χ3v) is 4.69. The molecule has 1 aliphatic heterocycles. The number of aliphatic hydroxyl groups is 1. The second-order valence-corrected chi connectivity index (χ2v) is 6.90. The number of hydrogen-bond donors (Lipinski definition) is 2. The van der Waals surface area contributed by atoms with Crippen LogP contribution >= 0.6 is 0 Å². The van der Waals surface area contributed by atoms with Gasteiger partial charge >= 0.3 is 0 Å². The van der Waals surface area contributed by atoms with Crippen LogP contribution in [0.25, 0.3) is 0 Å². The predicted octanol–water partition coefficient (Wildman–Crippen LogP) is 1.44. The van der Waals surface area contributed by atoms with Crippen LogP contribution in [-0.4, -0.2) is 70.8 Å². The number of carbonyl (C=O) groups is 2. The van der Waals surface area contributed by atoms with Crippen LogP contribution < -0.4 is 4.74 Å². The van der Waals surface area contributed by atoms with E-state index in [4.69, 9.17) is 9.47 Å². The highest BCUT2D eigenvalue weighted by atomic mass is 16.5.